The Hall–Kier alpha value is -1.73. The first-order valence-electron chi connectivity index (χ1n) is 5.26. The molecule has 1 saturated heterocycles. The van der Waals surface area contributed by atoms with Crippen LogP contribution >= 0.6 is 0 Å². The van der Waals surface area contributed by atoms with Crippen molar-refractivity contribution in [2.24, 2.45) is 5.73 Å². The standard InChI is InChI=1S/C10H13N3O4/c11-9(15)8-10(16)13(4-3-12-8)7-2-1-6(5-14)17-7/h3-4,6-7,14H,1-2,5H2,(H2,11,15)/t6-,7+/m0/s1. The minimum Gasteiger partial charge on any atom is -0.394 e. The average molecular weight is 239 g/mol. The molecule has 0 unspecified atom stereocenters. The minimum absolute atomic E-state index is 0.0843. The van der Waals surface area contributed by atoms with Gasteiger partial charge in [-0.05, 0) is 12.8 Å². The molecule has 7 nitrogen and oxygen atoms in total. The molecule has 1 fully saturated rings. The molecule has 0 radical (unpaired) electrons. The number of aliphatic hydroxyl groups is 1. The first-order valence-corrected chi connectivity index (χ1v) is 5.26. The van der Waals surface area contributed by atoms with Crippen LogP contribution in [-0.4, -0.2) is 33.3 Å². The number of rotatable bonds is 3. The summed E-state index contributed by atoms with van der Waals surface area (Å²) in [6, 6.07) is 0. The number of primary amides is 1. The molecule has 2 heterocycles. The second-order valence-corrected chi connectivity index (χ2v) is 3.83. The van der Waals surface area contributed by atoms with Crippen molar-refractivity contribution >= 4 is 5.91 Å². The molecule has 0 aliphatic carbocycles. The highest BCUT2D eigenvalue weighted by Gasteiger charge is 2.27. The van der Waals surface area contributed by atoms with Gasteiger partial charge in [0.05, 0.1) is 12.7 Å². The van der Waals surface area contributed by atoms with E-state index in [1.54, 1.807) is 0 Å². The number of nitrogens with two attached hydrogens (primary N) is 1. The third-order valence-electron chi connectivity index (χ3n) is 2.70. The van der Waals surface area contributed by atoms with E-state index in [9.17, 15) is 9.59 Å². The Morgan fingerprint density at radius 3 is 3.00 bits per heavy atom. The van der Waals surface area contributed by atoms with E-state index in [-0.39, 0.29) is 18.4 Å². The SMILES string of the molecule is NC(=O)c1nccn([C@H]2CC[C@@H](CO)O2)c1=O. The number of amides is 1. The van der Waals surface area contributed by atoms with Crippen molar-refractivity contribution in [3.05, 3.63) is 28.4 Å². The van der Waals surface area contributed by atoms with Crippen molar-refractivity contribution in [1.82, 2.24) is 9.55 Å². The van der Waals surface area contributed by atoms with Crippen LogP contribution < -0.4 is 11.3 Å². The summed E-state index contributed by atoms with van der Waals surface area (Å²) in [6.45, 7) is -0.0843. The largest absolute Gasteiger partial charge is 0.394 e. The van der Waals surface area contributed by atoms with Crippen LogP contribution in [0.3, 0.4) is 0 Å². The first kappa shape index (κ1) is 11.7. The topological polar surface area (TPSA) is 107 Å². The maximum absolute atomic E-state index is 11.8. The highest BCUT2D eigenvalue weighted by Crippen LogP contribution is 2.26. The first-order chi connectivity index (χ1) is 8.13. The molecule has 1 aromatic heterocycles. The number of nitrogens with zero attached hydrogens (tertiary/aromatic N) is 2. The number of hydrogen-bond donors (Lipinski definition) is 2. The van der Waals surface area contributed by atoms with E-state index in [4.69, 9.17) is 15.6 Å². The molecular weight excluding hydrogens is 226 g/mol. The summed E-state index contributed by atoms with van der Waals surface area (Å²) in [6.07, 6.45) is 3.31. The van der Waals surface area contributed by atoms with E-state index >= 15 is 0 Å². The van der Waals surface area contributed by atoms with Crippen LogP contribution in [0.15, 0.2) is 17.2 Å². The maximum atomic E-state index is 11.8. The maximum Gasteiger partial charge on any atom is 0.284 e. The summed E-state index contributed by atoms with van der Waals surface area (Å²) >= 11 is 0. The molecule has 1 aliphatic heterocycles. The monoisotopic (exact) mass is 239 g/mol. The molecule has 0 aromatic carbocycles. The zero-order valence-corrected chi connectivity index (χ0v) is 9.07. The van der Waals surface area contributed by atoms with Gasteiger partial charge in [-0.1, -0.05) is 0 Å². The van der Waals surface area contributed by atoms with Gasteiger partial charge in [0.1, 0.15) is 6.23 Å². The summed E-state index contributed by atoms with van der Waals surface area (Å²) in [5.74, 6) is -0.860. The van der Waals surface area contributed by atoms with Gasteiger partial charge in [0.25, 0.3) is 11.5 Å². The van der Waals surface area contributed by atoms with Gasteiger partial charge in [-0.2, -0.15) is 0 Å². The average Bonchev–Trinajstić information content (AvgIpc) is 2.77. The van der Waals surface area contributed by atoms with Gasteiger partial charge >= 0.3 is 0 Å². The van der Waals surface area contributed by atoms with Crippen LogP contribution in [0.4, 0.5) is 0 Å². The van der Waals surface area contributed by atoms with Crippen LogP contribution in [0.5, 0.6) is 0 Å². The molecule has 92 valence electrons. The predicted octanol–water partition coefficient (Wildman–Crippen LogP) is -0.988. The number of carbonyl (C=O) groups is 1. The van der Waals surface area contributed by atoms with E-state index in [2.05, 4.69) is 4.98 Å². The normalized spacial score (nSPS) is 23.8. The van der Waals surface area contributed by atoms with E-state index in [0.717, 1.165) is 0 Å². The fourth-order valence-electron chi connectivity index (χ4n) is 1.85. The van der Waals surface area contributed by atoms with E-state index < -0.39 is 17.7 Å². The van der Waals surface area contributed by atoms with Crippen LogP contribution in [0.25, 0.3) is 0 Å². The lowest BCUT2D eigenvalue weighted by molar-refractivity contribution is -0.0241. The predicted molar refractivity (Wildman–Crippen MR) is 57.2 cm³/mol. The van der Waals surface area contributed by atoms with Gasteiger partial charge in [0.15, 0.2) is 5.69 Å². The fourth-order valence-corrected chi connectivity index (χ4v) is 1.85. The van der Waals surface area contributed by atoms with E-state index in [1.165, 1.54) is 17.0 Å². The molecule has 2 rings (SSSR count). The van der Waals surface area contributed by atoms with Crippen LogP contribution in [-0.2, 0) is 4.74 Å². The molecule has 2 atom stereocenters. The minimum atomic E-state index is -0.860. The zero-order valence-electron chi connectivity index (χ0n) is 9.07. The summed E-state index contributed by atoms with van der Waals surface area (Å²) < 4.78 is 6.73. The summed E-state index contributed by atoms with van der Waals surface area (Å²) in [4.78, 5) is 26.5. The van der Waals surface area contributed by atoms with Crippen LogP contribution in [0.1, 0.15) is 29.6 Å². The molecule has 7 heteroatoms. The number of hydrogen-bond acceptors (Lipinski definition) is 5. The van der Waals surface area contributed by atoms with E-state index in [0.29, 0.717) is 12.8 Å². The lowest BCUT2D eigenvalue weighted by Gasteiger charge is -2.15. The number of aromatic nitrogens is 2. The Balaban J connectivity index is 2.31. The second-order valence-electron chi connectivity index (χ2n) is 3.83. The Bertz CT molecular complexity index is 485. The van der Waals surface area contributed by atoms with Crippen molar-refractivity contribution in [3.8, 4) is 0 Å². The number of ether oxygens (including phenoxy) is 1. The van der Waals surface area contributed by atoms with Gasteiger partial charge in [0, 0.05) is 12.4 Å². The molecule has 1 amide bonds. The Kier molecular flexibility index (Phi) is 3.21. The summed E-state index contributed by atoms with van der Waals surface area (Å²) in [7, 11) is 0. The fraction of sp³-hybridized carbons (Fsp3) is 0.500. The summed E-state index contributed by atoms with van der Waals surface area (Å²) in [5.41, 5.74) is 4.17. The van der Waals surface area contributed by atoms with Crippen molar-refractivity contribution in [1.29, 1.82) is 0 Å². The Morgan fingerprint density at radius 1 is 1.65 bits per heavy atom. The smallest absolute Gasteiger partial charge is 0.284 e. The quantitative estimate of drug-likeness (QED) is 0.704. The highest BCUT2D eigenvalue weighted by molar-refractivity contribution is 5.90. The Morgan fingerprint density at radius 2 is 2.41 bits per heavy atom. The molecule has 0 spiro atoms. The van der Waals surface area contributed by atoms with Crippen molar-refractivity contribution in [2.45, 2.75) is 25.2 Å². The van der Waals surface area contributed by atoms with Crippen LogP contribution in [0, 0.1) is 0 Å². The highest BCUT2D eigenvalue weighted by atomic mass is 16.5. The van der Waals surface area contributed by atoms with Gasteiger partial charge in [-0.25, -0.2) is 4.98 Å². The van der Waals surface area contributed by atoms with Gasteiger partial charge in [0.2, 0.25) is 0 Å². The van der Waals surface area contributed by atoms with E-state index in [1.807, 2.05) is 0 Å². The van der Waals surface area contributed by atoms with Gasteiger partial charge in [-0.3, -0.25) is 14.2 Å². The van der Waals surface area contributed by atoms with Crippen molar-refractivity contribution in [2.75, 3.05) is 6.61 Å². The molecule has 17 heavy (non-hydrogen) atoms. The Labute approximate surface area is 96.8 Å². The number of aliphatic hydroxyl groups excluding tert-OH is 1. The zero-order chi connectivity index (χ0) is 12.4. The molecule has 0 saturated carbocycles. The molecular formula is C10H13N3O4. The lowest BCUT2D eigenvalue weighted by atomic mass is 10.2. The van der Waals surface area contributed by atoms with Crippen LogP contribution in [0.2, 0.25) is 0 Å². The van der Waals surface area contributed by atoms with Gasteiger partial charge in [-0.15, -0.1) is 0 Å². The molecule has 3 N–H and O–H groups in total. The third kappa shape index (κ3) is 2.20. The third-order valence-corrected chi connectivity index (χ3v) is 2.70. The second kappa shape index (κ2) is 4.64. The van der Waals surface area contributed by atoms with Crippen molar-refractivity contribution in [3.63, 3.8) is 0 Å². The summed E-state index contributed by atoms with van der Waals surface area (Å²) in [5, 5.41) is 8.94. The van der Waals surface area contributed by atoms with Gasteiger partial charge < -0.3 is 15.6 Å². The number of carbonyl (C=O) groups excluding carboxylic acids is 1. The van der Waals surface area contributed by atoms with Crippen molar-refractivity contribution < 1.29 is 14.6 Å². The molecule has 1 aliphatic rings. The molecule has 0 bridgehead atoms. The lowest BCUT2D eigenvalue weighted by Crippen LogP contribution is -2.33. The molecule has 1 aromatic rings.